The lowest BCUT2D eigenvalue weighted by Crippen LogP contribution is -2.11. The lowest BCUT2D eigenvalue weighted by atomic mass is 9.84. The van der Waals surface area contributed by atoms with E-state index in [0.29, 0.717) is 0 Å². The Morgan fingerprint density at radius 1 is 0.209 bits per heavy atom. The lowest BCUT2D eigenvalue weighted by molar-refractivity contribution is 1.30. The summed E-state index contributed by atoms with van der Waals surface area (Å²) in [5.41, 5.74) is 13.0. The van der Waals surface area contributed by atoms with Gasteiger partial charge < -0.3 is 4.90 Å². The van der Waals surface area contributed by atoms with Gasteiger partial charge in [-0.05, 0) is 129 Å². The molecule has 0 aliphatic rings. The van der Waals surface area contributed by atoms with Crippen molar-refractivity contribution in [3.63, 3.8) is 0 Å². The summed E-state index contributed by atoms with van der Waals surface area (Å²) in [4.78, 5) is 2.48. The Morgan fingerprint density at radius 3 is 1.36 bits per heavy atom. The average molecular weight is 850 g/mol. The molecule has 67 heavy (non-hydrogen) atoms. The first-order valence-corrected chi connectivity index (χ1v) is 23.2. The molecule has 13 rings (SSSR count). The molecule has 0 aliphatic carbocycles. The maximum absolute atomic E-state index is 2.48. The summed E-state index contributed by atoms with van der Waals surface area (Å²) in [5.74, 6) is 0. The molecule has 13 aromatic rings. The Morgan fingerprint density at radius 2 is 0.657 bits per heavy atom. The van der Waals surface area contributed by atoms with Gasteiger partial charge in [-0.1, -0.05) is 231 Å². The van der Waals surface area contributed by atoms with Gasteiger partial charge in [0.1, 0.15) is 0 Å². The molecule has 312 valence electrons. The number of fused-ring (bicyclic) bond motifs is 9. The van der Waals surface area contributed by atoms with E-state index in [1.807, 2.05) is 0 Å². The second-order valence-corrected chi connectivity index (χ2v) is 17.5. The van der Waals surface area contributed by atoms with Gasteiger partial charge in [-0.25, -0.2) is 0 Å². The highest BCUT2D eigenvalue weighted by Crippen LogP contribution is 2.49. The summed E-state index contributed by atoms with van der Waals surface area (Å²) in [7, 11) is 0. The first kappa shape index (κ1) is 38.7. The quantitative estimate of drug-likeness (QED) is 0.144. The monoisotopic (exact) mass is 849 g/mol. The average Bonchev–Trinajstić information content (AvgIpc) is 3.41. The van der Waals surface area contributed by atoms with Gasteiger partial charge >= 0.3 is 0 Å². The first-order valence-electron chi connectivity index (χ1n) is 23.2. The van der Waals surface area contributed by atoms with E-state index >= 15 is 0 Å². The van der Waals surface area contributed by atoms with Crippen LogP contribution in [0.4, 0.5) is 17.1 Å². The van der Waals surface area contributed by atoms with Crippen LogP contribution in [0.3, 0.4) is 0 Å². The molecular weight excluding hydrogens is 807 g/mol. The van der Waals surface area contributed by atoms with Crippen molar-refractivity contribution in [1.82, 2.24) is 0 Å². The normalized spacial score (nSPS) is 11.6. The van der Waals surface area contributed by atoms with E-state index in [9.17, 15) is 0 Å². The summed E-state index contributed by atoms with van der Waals surface area (Å²) in [6.07, 6.45) is 0. The molecule has 0 bridgehead atoms. The standard InChI is InChI=1S/C66H43N/c1-3-19-47(20-4-1)65-61-27-12-11-26-57(61)59-41-37-49(43-62(59)66(65)48-21-5-2-6-22-48)54-25-13-14-31-63(54)67(64-32-16-30-56-52-24-10-8-18-45(52)36-42-60(56)64)50-38-33-46(34-39-50)53-28-15-29-55-51-23-9-7-17-44(51)35-40-58(53)55/h1-43H. The molecule has 0 atom stereocenters. The van der Waals surface area contributed by atoms with Crippen LogP contribution in [0.5, 0.6) is 0 Å². The maximum atomic E-state index is 2.48. The molecule has 0 unspecified atom stereocenters. The van der Waals surface area contributed by atoms with Gasteiger partial charge in [0.05, 0.1) is 11.4 Å². The third kappa shape index (κ3) is 6.47. The molecule has 0 N–H and O–H groups in total. The zero-order valence-corrected chi connectivity index (χ0v) is 36.8. The molecule has 0 aliphatic heterocycles. The molecule has 0 aromatic heterocycles. The zero-order valence-electron chi connectivity index (χ0n) is 36.8. The van der Waals surface area contributed by atoms with Gasteiger partial charge in [0, 0.05) is 16.6 Å². The molecule has 0 fully saturated rings. The van der Waals surface area contributed by atoms with Crippen molar-refractivity contribution in [2.24, 2.45) is 0 Å². The van der Waals surface area contributed by atoms with E-state index in [4.69, 9.17) is 0 Å². The van der Waals surface area contributed by atoms with Crippen molar-refractivity contribution < 1.29 is 0 Å². The molecule has 0 saturated heterocycles. The van der Waals surface area contributed by atoms with Crippen LogP contribution in [0.1, 0.15) is 0 Å². The van der Waals surface area contributed by atoms with E-state index in [-0.39, 0.29) is 0 Å². The third-order valence-electron chi connectivity index (χ3n) is 13.8. The van der Waals surface area contributed by atoms with E-state index < -0.39 is 0 Å². The van der Waals surface area contributed by atoms with Crippen LogP contribution in [0.2, 0.25) is 0 Å². The Labute approximate surface area is 390 Å². The van der Waals surface area contributed by atoms with E-state index in [2.05, 4.69) is 266 Å². The molecule has 1 nitrogen and oxygen atoms in total. The summed E-state index contributed by atoms with van der Waals surface area (Å²) in [6.45, 7) is 0. The SMILES string of the molecule is c1ccc(-c2c(-c3ccccc3)c3cc(-c4ccccc4N(c4ccc(-c5cccc6c5ccc5ccccc56)cc4)c4cccc5c4ccc4ccccc45)ccc3c3ccccc23)cc1. The van der Waals surface area contributed by atoms with E-state index in [0.717, 1.165) is 28.2 Å². The Balaban J connectivity index is 1.04. The number of benzene rings is 13. The van der Waals surface area contributed by atoms with Gasteiger partial charge in [0.2, 0.25) is 0 Å². The molecule has 0 amide bonds. The third-order valence-corrected chi connectivity index (χ3v) is 13.8. The molecule has 1 heteroatoms. The zero-order chi connectivity index (χ0) is 44.3. The van der Waals surface area contributed by atoms with Gasteiger partial charge in [0.15, 0.2) is 0 Å². The number of para-hydroxylation sites is 1. The summed E-state index contributed by atoms with van der Waals surface area (Å²) >= 11 is 0. The number of anilines is 3. The van der Waals surface area contributed by atoms with Crippen LogP contribution < -0.4 is 4.90 Å². The van der Waals surface area contributed by atoms with Gasteiger partial charge in [-0.3, -0.25) is 0 Å². The van der Waals surface area contributed by atoms with Crippen molar-refractivity contribution in [3.8, 4) is 44.5 Å². The highest BCUT2D eigenvalue weighted by molar-refractivity contribution is 6.22. The highest BCUT2D eigenvalue weighted by Gasteiger charge is 2.22. The van der Waals surface area contributed by atoms with Crippen LogP contribution in [0, 0.1) is 0 Å². The topological polar surface area (TPSA) is 3.24 Å². The largest absolute Gasteiger partial charge is 0.309 e. The van der Waals surface area contributed by atoms with Crippen molar-refractivity contribution >= 4 is 81.7 Å². The van der Waals surface area contributed by atoms with Crippen molar-refractivity contribution in [2.75, 3.05) is 4.90 Å². The van der Waals surface area contributed by atoms with Crippen LogP contribution in [0.25, 0.3) is 109 Å². The van der Waals surface area contributed by atoms with Gasteiger partial charge in [0.25, 0.3) is 0 Å². The van der Waals surface area contributed by atoms with Crippen molar-refractivity contribution in [1.29, 1.82) is 0 Å². The molecule has 0 heterocycles. The predicted molar refractivity (Wildman–Crippen MR) is 288 cm³/mol. The van der Waals surface area contributed by atoms with Gasteiger partial charge in [-0.15, -0.1) is 0 Å². The summed E-state index contributed by atoms with van der Waals surface area (Å²) in [5, 5.41) is 14.9. The Kier molecular flexibility index (Phi) is 9.25. The first-order chi connectivity index (χ1) is 33.3. The second kappa shape index (κ2) is 16.0. The molecule has 0 spiro atoms. The highest BCUT2D eigenvalue weighted by atomic mass is 15.1. The molecule has 0 radical (unpaired) electrons. The minimum Gasteiger partial charge on any atom is -0.309 e. The van der Waals surface area contributed by atoms with Crippen molar-refractivity contribution in [2.45, 2.75) is 0 Å². The number of nitrogens with zero attached hydrogens (tertiary/aromatic N) is 1. The van der Waals surface area contributed by atoms with Crippen LogP contribution in [-0.4, -0.2) is 0 Å². The summed E-state index contributed by atoms with van der Waals surface area (Å²) < 4.78 is 0. The molecule has 13 aromatic carbocycles. The number of hydrogen-bond acceptors (Lipinski definition) is 1. The molecular formula is C66H43N. The fourth-order valence-corrected chi connectivity index (χ4v) is 10.8. The fourth-order valence-electron chi connectivity index (χ4n) is 10.8. The van der Waals surface area contributed by atoms with E-state index in [1.165, 1.54) is 98.0 Å². The maximum Gasteiger partial charge on any atom is 0.0540 e. The van der Waals surface area contributed by atoms with Crippen LogP contribution in [-0.2, 0) is 0 Å². The Bertz CT molecular complexity index is 4020. The minimum absolute atomic E-state index is 1.09. The van der Waals surface area contributed by atoms with Crippen molar-refractivity contribution in [3.05, 3.63) is 261 Å². The minimum atomic E-state index is 1.09. The number of rotatable bonds is 7. The van der Waals surface area contributed by atoms with Crippen LogP contribution in [0.15, 0.2) is 261 Å². The van der Waals surface area contributed by atoms with E-state index in [1.54, 1.807) is 0 Å². The fraction of sp³-hybridized carbons (Fsp3) is 0. The van der Waals surface area contributed by atoms with Gasteiger partial charge in [-0.2, -0.15) is 0 Å². The van der Waals surface area contributed by atoms with Crippen LogP contribution >= 0.6 is 0 Å². The predicted octanol–water partition coefficient (Wildman–Crippen LogP) is 18.7. The smallest absolute Gasteiger partial charge is 0.0540 e. The Hall–Kier alpha value is -8.78. The lowest BCUT2D eigenvalue weighted by Gasteiger charge is -2.29. The number of hydrogen-bond donors (Lipinski definition) is 0. The summed E-state index contributed by atoms with van der Waals surface area (Å²) in [6, 6.07) is 96.0. The molecule has 0 saturated carbocycles. The second-order valence-electron chi connectivity index (χ2n) is 17.5.